The Hall–Kier alpha value is -4.66. The third-order valence-corrected chi connectivity index (χ3v) is 4.78. The number of esters is 1. The second-order valence-corrected chi connectivity index (χ2v) is 6.87. The normalized spacial score (nSPS) is 10.6. The minimum atomic E-state index is -0.852. The minimum absolute atomic E-state index is 0.0312. The molecule has 0 atom stereocenters. The average Bonchev–Trinajstić information content (AvgIpc) is 2.86. The van der Waals surface area contributed by atoms with Crippen LogP contribution in [0.25, 0.3) is 6.08 Å². The summed E-state index contributed by atoms with van der Waals surface area (Å²) in [5.74, 6) is 0.0961. The maximum atomic E-state index is 12.9. The average molecular weight is 463 g/mol. The van der Waals surface area contributed by atoms with E-state index >= 15 is 0 Å². The first-order valence-electron chi connectivity index (χ1n) is 9.95. The van der Waals surface area contributed by atoms with E-state index in [1.807, 2.05) is 0 Å². The molecule has 174 valence electrons. The lowest BCUT2D eigenvalue weighted by Gasteiger charge is -2.10. The van der Waals surface area contributed by atoms with Gasteiger partial charge < -0.3 is 18.9 Å². The van der Waals surface area contributed by atoms with Crippen LogP contribution in [0.4, 0.5) is 5.69 Å². The number of hydrogen-bond donors (Lipinski definition) is 0. The van der Waals surface area contributed by atoms with Crippen LogP contribution in [-0.4, -0.2) is 38.0 Å². The van der Waals surface area contributed by atoms with Crippen molar-refractivity contribution in [2.75, 3.05) is 21.3 Å². The number of carbonyl (C=O) groups excluding carboxylic acids is 2. The summed E-state index contributed by atoms with van der Waals surface area (Å²) in [6.07, 6.45) is 2.91. The molecule has 0 saturated heterocycles. The summed E-state index contributed by atoms with van der Waals surface area (Å²) in [6.45, 7) is 0. The number of carbonyl (C=O) groups is 2. The van der Waals surface area contributed by atoms with Crippen molar-refractivity contribution < 1.29 is 33.5 Å². The molecule has 0 N–H and O–H groups in total. The van der Waals surface area contributed by atoms with E-state index in [9.17, 15) is 19.7 Å². The summed E-state index contributed by atoms with van der Waals surface area (Å²) in [5, 5.41) is 11.0. The highest BCUT2D eigenvalue weighted by Crippen LogP contribution is 2.29. The summed E-state index contributed by atoms with van der Waals surface area (Å²) in [7, 11) is 4.47. The van der Waals surface area contributed by atoms with Crippen molar-refractivity contribution in [2.24, 2.45) is 0 Å². The van der Waals surface area contributed by atoms with Crippen molar-refractivity contribution in [3.05, 3.63) is 93.5 Å². The van der Waals surface area contributed by atoms with E-state index < -0.39 is 16.7 Å². The van der Waals surface area contributed by atoms with E-state index in [0.29, 0.717) is 22.8 Å². The van der Waals surface area contributed by atoms with Gasteiger partial charge in [-0.15, -0.1) is 0 Å². The van der Waals surface area contributed by atoms with Gasteiger partial charge in [0, 0.05) is 18.2 Å². The Morgan fingerprint density at radius 3 is 2.29 bits per heavy atom. The van der Waals surface area contributed by atoms with Crippen LogP contribution in [0.3, 0.4) is 0 Å². The lowest BCUT2D eigenvalue weighted by Crippen LogP contribution is -2.11. The topological polar surface area (TPSA) is 114 Å². The molecule has 0 aliphatic carbocycles. The van der Waals surface area contributed by atoms with Crippen LogP contribution >= 0.6 is 0 Å². The molecule has 0 radical (unpaired) electrons. The van der Waals surface area contributed by atoms with Gasteiger partial charge >= 0.3 is 5.97 Å². The molecular formula is C25H21NO8. The van der Waals surface area contributed by atoms with Crippen molar-refractivity contribution >= 4 is 23.5 Å². The number of methoxy groups -OCH3 is 3. The van der Waals surface area contributed by atoms with Crippen LogP contribution in [0.2, 0.25) is 0 Å². The maximum Gasteiger partial charge on any atom is 0.343 e. The van der Waals surface area contributed by atoms with Gasteiger partial charge in [0.1, 0.15) is 11.5 Å². The number of benzene rings is 3. The number of nitro benzene ring substituents is 1. The fraction of sp³-hybridized carbons (Fsp3) is 0.120. The van der Waals surface area contributed by atoms with Crippen LogP contribution in [-0.2, 0) is 0 Å². The minimum Gasteiger partial charge on any atom is -0.497 e. The molecule has 34 heavy (non-hydrogen) atoms. The molecule has 0 saturated carbocycles. The van der Waals surface area contributed by atoms with E-state index in [1.54, 1.807) is 30.3 Å². The Bertz CT molecular complexity index is 1270. The predicted octanol–water partition coefficient (Wildman–Crippen LogP) is 4.74. The van der Waals surface area contributed by atoms with E-state index in [4.69, 9.17) is 18.9 Å². The van der Waals surface area contributed by atoms with Crippen LogP contribution in [0.15, 0.2) is 66.7 Å². The summed E-state index contributed by atoms with van der Waals surface area (Å²) in [5.41, 5.74) is 0.511. The highest BCUT2D eigenvalue weighted by molar-refractivity contribution is 6.09. The highest BCUT2D eigenvalue weighted by atomic mass is 16.6. The predicted molar refractivity (Wildman–Crippen MR) is 124 cm³/mol. The van der Waals surface area contributed by atoms with Gasteiger partial charge in [0.15, 0.2) is 17.3 Å². The van der Waals surface area contributed by atoms with Crippen molar-refractivity contribution in [2.45, 2.75) is 0 Å². The number of ketones is 1. The summed E-state index contributed by atoms with van der Waals surface area (Å²) < 4.78 is 21.1. The van der Waals surface area contributed by atoms with E-state index in [2.05, 4.69) is 0 Å². The standard InChI is InChI=1S/C25H21NO8/c1-31-19-9-10-20(21(27)11-7-16-8-12-22(32-2)24(13-16)33-3)23(15-19)34-25(28)17-5-4-6-18(14-17)26(29)30/h4-15H,1-3H3. The Labute approximate surface area is 195 Å². The fourth-order valence-electron chi connectivity index (χ4n) is 3.04. The van der Waals surface area contributed by atoms with Crippen LogP contribution in [0.5, 0.6) is 23.0 Å². The van der Waals surface area contributed by atoms with Gasteiger partial charge in [-0.25, -0.2) is 4.79 Å². The van der Waals surface area contributed by atoms with Gasteiger partial charge in [0.2, 0.25) is 0 Å². The zero-order chi connectivity index (χ0) is 24.7. The number of nitro groups is 1. The first-order chi connectivity index (χ1) is 16.4. The SMILES string of the molecule is COc1ccc(C(=O)C=Cc2ccc(OC)c(OC)c2)c(OC(=O)c2cccc([N+](=O)[O-])c2)c1. The summed E-state index contributed by atoms with van der Waals surface area (Å²) in [6, 6.07) is 14.7. The number of nitrogens with zero attached hydrogens (tertiary/aromatic N) is 1. The van der Waals surface area contributed by atoms with E-state index in [-0.39, 0.29) is 22.6 Å². The van der Waals surface area contributed by atoms with Gasteiger partial charge in [-0.3, -0.25) is 14.9 Å². The molecule has 0 bridgehead atoms. The molecule has 0 spiro atoms. The van der Waals surface area contributed by atoms with Gasteiger partial charge in [-0.1, -0.05) is 18.2 Å². The molecule has 9 heteroatoms. The molecule has 3 rings (SSSR count). The molecule has 0 heterocycles. The molecule has 0 aliphatic rings. The molecule has 0 aromatic heterocycles. The lowest BCUT2D eigenvalue weighted by atomic mass is 10.1. The van der Waals surface area contributed by atoms with Crippen molar-refractivity contribution in [1.82, 2.24) is 0 Å². The summed E-state index contributed by atoms with van der Waals surface area (Å²) in [4.78, 5) is 35.9. The molecule has 0 aliphatic heterocycles. The van der Waals surface area contributed by atoms with E-state index in [0.717, 1.165) is 6.07 Å². The number of hydrogen-bond acceptors (Lipinski definition) is 8. The highest BCUT2D eigenvalue weighted by Gasteiger charge is 2.18. The van der Waals surface area contributed by atoms with Gasteiger partial charge in [-0.05, 0) is 42.0 Å². The third-order valence-electron chi connectivity index (χ3n) is 4.78. The second kappa shape index (κ2) is 10.8. The number of rotatable bonds is 9. The lowest BCUT2D eigenvalue weighted by molar-refractivity contribution is -0.384. The zero-order valence-corrected chi connectivity index (χ0v) is 18.6. The number of ether oxygens (including phenoxy) is 4. The second-order valence-electron chi connectivity index (χ2n) is 6.87. The smallest absolute Gasteiger partial charge is 0.343 e. The molecular weight excluding hydrogens is 442 g/mol. The molecule has 0 amide bonds. The first kappa shape index (κ1) is 24.0. The van der Waals surface area contributed by atoms with Crippen molar-refractivity contribution in [3.8, 4) is 23.0 Å². The molecule has 3 aromatic carbocycles. The summed E-state index contributed by atoms with van der Waals surface area (Å²) >= 11 is 0. The molecule has 3 aromatic rings. The van der Waals surface area contributed by atoms with E-state index in [1.165, 1.54) is 57.7 Å². The number of allylic oxidation sites excluding steroid dienone is 1. The Balaban J connectivity index is 1.88. The van der Waals surface area contributed by atoms with Gasteiger partial charge in [0.25, 0.3) is 5.69 Å². The van der Waals surface area contributed by atoms with Crippen LogP contribution in [0.1, 0.15) is 26.3 Å². The Morgan fingerprint density at radius 1 is 0.853 bits per heavy atom. The Kier molecular flexibility index (Phi) is 7.60. The van der Waals surface area contributed by atoms with Gasteiger partial charge in [0.05, 0.1) is 37.4 Å². The Morgan fingerprint density at radius 2 is 1.62 bits per heavy atom. The molecule has 0 fully saturated rings. The number of non-ortho nitro benzene ring substituents is 1. The van der Waals surface area contributed by atoms with Crippen LogP contribution < -0.4 is 18.9 Å². The molecule has 9 nitrogen and oxygen atoms in total. The van der Waals surface area contributed by atoms with Gasteiger partial charge in [-0.2, -0.15) is 0 Å². The van der Waals surface area contributed by atoms with Crippen molar-refractivity contribution in [1.29, 1.82) is 0 Å². The van der Waals surface area contributed by atoms with Crippen molar-refractivity contribution in [3.63, 3.8) is 0 Å². The van der Waals surface area contributed by atoms with Crippen LogP contribution in [0, 0.1) is 10.1 Å². The molecule has 0 unspecified atom stereocenters. The first-order valence-corrected chi connectivity index (χ1v) is 9.95. The fourth-order valence-corrected chi connectivity index (χ4v) is 3.04. The largest absolute Gasteiger partial charge is 0.497 e. The quantitative estimate of drug-likeness (QED) is 0.112. The zero-order valence-electron chi connectivity index (χ0n) is 18.6. The maximum absolute atomic E-state index is 12.9. The third kappa shape index (κ3) is 5.57. The monoisotopic (exact) mass is 463 g/mol.